The third-order valence-corrected chi connectivity index (χ3v) is 7.72. The van der Waals surface area contributed by atoms with Crippen molar-refractivity contribution in [3.8, 4) is 5.82 Å². The van der Waals surface area contributed by atoms with Crippen molar-refractivity contribution in [3.63, 3.8) is 0 Å². The van der Waals surface area contributed by atoms with Gasteiger partial charge in [0.25, 0.3) is 5.91 Å². The Kier molecular flexibility index (Phi) is 6.32. The minimum absolute atomic E-state index is 0.00317. The number of hydrogen-bond acceptors (Lipinski definition) is 5. The summed E-state index contributed by atoms with van der Waals surface area (Å²) in [5.41, 5.74) is 1.45. The average molecular weight is 474 g/mol. The molecule has 0 saturated carbocycles. The second-order valence-electron chi connectivity index (χ2n) is 7.91. The van der Waals surface area contributed by atoms with Gasteiger partial charge in [-0.25, -0.2) is 18.1 Å². The van der Waals surface area contributed by atoms with Crippen LogP contribution in [0.25, 0.3) is 5.82 Å². The Morgan fingerprint density at radius 3 is 2.56 bits per heavy atom. The summed E-state index contributed by atoms with van der Waals surface area (Å²) in [6.07, 6.45) is 4.81. The Hall–Kier alpha value is -2.75. The van der Waals surface area contributed by atoms with Gasteiger partial charge in [0.2, 0.25) is 10.0 Å². The Balaban J connectivity index is 1.65. The highest BCUT2D eigenvalue weighted by Gasteiger charge is 2.29. The van der Waals surface area contributed by atoms with Crippen molar-refractivity contribution in [1.29, 1.82) is 0 Å². The molecule has 4 rings (SSSR count). The van der Waals surface area contributed by atoms with Crippen molar-refractivity contribution in [2.45, 2.75) is 37.5 Å². The van der Waals surface area contributed by atoms with Gasteiger partial charge in [0, 0.05) is 25.0 Å². The fraction of sp³-hybridized carbons (Fsp3) is 0.318. The number of amides is 1. The first-order chi connectivity index (χ1) is 15.3. The molecule has 0 aliphatic carbocycles. The van der Waals surface area contributed by atoms with E-state index in [0.717, 1.165) is 12.8 Å². The number of halogens is 1. The van der Waals surface area contributed by atoms with Gasteiger partial charge >= 0.3 is 0 Å². The molecule has 3 heterocycles. The predicted octanol–water partition coefficient (Wildman–Crippen LogP) is 4.08. The van der Waals surface area contributed by atoms with E-state index in [1.807, 2.05) is 32.0 Å². The fourth-order valence-corrected chi connectivity index (χ4v) is 5.81. The first kappa shape index (κ1) is 22.4. The van der Waals surface area contributed by atoms with E-state index >= 15 is 0 Å². The molecule has 1 aromatic carbocycles. The van der Waals surface area contributed by atoms with Crippen LogP contribution in [0.4, 0.5) is 5.69 Å². The van der Waals surface area contributed by atoms with Crippen LogP contribution in [0.2, 0.25) is 5.02 Å². The number of hydrogen-bond donors (Lipinski definition) is 1. The number of pyridine rings is 1. The van der Waals surface area contributed by atoms with Crippen molar-refractivity contribution in [3.05, 3.63) is 65.1 Å². The zero-order valence-corrected chi connectivity index (χ0v) is 19.4. The van der Waals surface area contributed by atoms with E-state index in [1.54, 1.807) is 16.9 Å². The number of carbonyl (C=O) groups is 1. The van der Waals surface area contributed by atoms with Crippen LogP contribution in [-0.2, 0) is 10.0 Å². The molecule has 32 heavy (non-hydrogen) atoms. The molecular weight excluding hydrogens is 450 g/mol. The maximum absolute atomic E-state index is 13.1. The zero-order chi connectivity index (χ0) is 22.9. The number of aromatic nitrogens is 3. The molecule has 0 unspecified atom stereocenters. The predicted molar refractivity (Wildman–Crippen MR) is 123 cm³/mol. The van der Waals surface area contributed by atoms with Gasteiger partial charge in [-0.3, -0.25) is 4.79 Å². The van der Waals surface area contributed by atoms with Crippen molar-refractivity contribution in [2.75, 3.05) is 18.4 Å². The van der Waals surface area contributed by atoms with Gasteiger partial charge in [0.05, 0.1) is 22.5 Å². The Bertz CT molecular complexity index is 1240. The van der Waals surface area contributed by atoms with Gasteiger partial charge in [0.15, 0.2) is 5.82 Å². The summed E-state index contributed by atoms with van der Waals surface area (Å²) in [5.74, 6) is 0.222. The lowest BCUT2D eigenvalue weighted by Gasteiger charge is -2.17. The molecule has 10 heteroatoms. The minimum Gasteiger partial charge on any atom is -0.322 e. The van der Waals surface area contributed by atoms with Crippen molar-refractivity contribution >= 4 is 33.2 Å². The first-order valence-corrected chi connectivity index (χ1v) is 12.2. The highest BCUT2D eigenvalue weighted by atomic mass is 35.5. The summed E-state index contributed by atoms with van der Waals surface area (Å²) >= 11 is 6.21. The second-order valence-corrected chi connectivity index (χ2v) is 10.2. The van der Waals surface area contributed by atoms with E-state index < -0.39 is 10.0 Å². The quantitative estimate of drug-likeness (QED) is 0.581. The van der Waals surface area contributed by atoms with Crippen LogP contribution in [0, 0.1) is 0 Å². The highest BCUT2D eigenvalue weighted by Crippen LogP contribution is 2.30. The van der Waals surface area contributed by atoms with E-state index in [0.29, 0.717) is 35.9 Å². The monoisotopic (exact) mass is 473 g/mol. The van der Waals surface area contributed by atoms with Gasteiger partial charge in [-0.2, -0.15) is 9.40 Å². The summed E-state index contributed by atoms with van der Waals surface area (Å²) in [4.78, 5) is 17.4. The number of carbonyl (C=O) groups excluding carboxylic acids is 1. The SMILES string of the molecule is CC(C)c1c(C(=O)Nc2ccc(Cl)c(S(=O)(=O)N3CCCC3)c2)cnn1-c1ccccn1. The largest absolute Gasteiger partial charge is 0.322 e. The molecule has 1 saturated heterocycles. The third kappa shape index (κ3) is 4.28. The van der Waals surface area contributed by atoms with Gasteiger partial charge < -0.3 is 5.32 Å². The Morgan fingerprint density at radius 1 is 1.16 bits per heavy atom. The smallest absolute Gasteiger partial charge is 0.259 e. The molecule has 0 atom stereocenters. The molecule has 3 aromatic rings. The molecule has 8 nitrogen and oxygen atoms in total. The lowest BCUT2D eigenvalue weighted by molar-refractivity contribution is 0.102. The zero-order valence-electron chi connectivity index (χ0n) is 17.8. The molecule has 1 amide bonds. The van der Waals surface area contributed by atoms with Crippen LogP contribution >= 0.6 is 11.6 Å². The summed E-state index contributed by atoms with van der Waals surface area (Å²) in [7, 11) is -3.72. The van der Waals surface area contributed by atoms with E-state index in [2.05, 4.69) is 15.4 Å². The van der Waals surface area contributed by atoms with E-state index in [-0.39, 0.29) is 21.7 Å². The third-order valence-electron chi connectivity index (χ3n) is 5.34. The number of rotatable bonds is 6. The molecule has 1 aliphatic rings. The second kappa shape index (κ2) is 9.01. The van der Waals surface area contributed by atoms with Crippen LogP contribution in [0.3, 0.4) is 0 Å². The van der Waals surface area contributed by atoms with E-state index in [4.69, 9.17) is 11.6 Å². The number of sulfonamides is 1. The van der Waals surface area contributed by atoms with Gasteiger partial charge in [-0.1, -0.05) is 31.5 Å². The number of nitrogens with one attached hydrogen (secondary N) is 1. The van der Waals surface area contributed by atoms with Crippen LogP contribution in [0.15, 0.2) is 53.7 Å². The van der Waals surface area contributed by atoms with Crippen molar-refractivity contribution in [1.82, 2.24) is 19.1 Å². The summed E-state index contributed by atoms with van der Waals surface area (Å²) in [5, 5.41) is 7.28. The highest BCUT2D eigenvalue weighted by molar-refractivity contribution is 7.89. The molecule has 1 N–H and O–H groups in total. The normalized spacial score (nSPS) is 14.8. The molecule has 1 fully saturated rings. The maximum atomic E-state index is 13.1. The topological polar surface area (TPSA) is 97.2 Å². The Morgan fingerprint density at radius 2 is 1.91 bits per heavy atom. The minimum atomic E-state index is -3.72. The summed E-state index contributed by atoms with van der Waals surface area (Å²) < 4.78 is 29.0. The van der Waals surface area contributed by atoms with Gasteiger partial charge in [0.1, 0.15) is 4.90 Å². The van der Waals surface area contributed by atoms with Crippen LogP contribution in [0.5, 0.6) is 0 Å². The van der Waals surface area contributed by atoms with Crippen LogP contribution in [0.1, 0.15) is 48.7 Å². The summed E-state index contributed by atoms with van der Waals surface area (Å²) in [6, 6.07) is 9.96. The molecule has 2 aromatic heterocycles. The number of anilines is 1. The lowest BCUT2D eigenvalue weighted by atomic mass is 10.1. The average Bonchev–Trinajstić information content (AvgIpc) is 3.46. The fourth-order valence-electron chi connectivity index (χ4n) is 3.79. The number of benzene rings is 1. The van der Waals surface area contributed by atoms with Crippen LogP contribution in [-0.4, -0.2) is 46.5 Å². The molecule has 0 spiro atoms. The van der Waals surface area contributed by atoms with Gasteiger partial charge in [-0.15, -0.1) is 0 Å². The van der Waals surface area contributed by atoms with Crippen molar-refractivity contribution in [2.24, 2.45) is 0 Å². The maximum Gasteiger partial charge on any atom is 0.259 e. The molecule has 0 radical (unpaired) electrons. The van der Waals surface area contributed by atoms with Gasteiger partial charge in [-0.05, 0) is 49.1 Å². The molecule has 168 valence electrons. The van der Waals surface area contributed by atoms with E-state index in [1.165, 1.54) is 22.6 Å². The molecule has 1 aliphatic heterocycles. The van der Waals surface area contributed by atoms with E-state index in [9.17, 15) is 13.2 Å². The Labute approximate surface area is 192 Å². The molecular formula is C22H24ClN5O3S. The lowest BCUT2D eigenvalue weighted by Crippen LogP contribution is -2.28. The standard InChI is InChI=1S/C22H24ClN5O3S/c1-15(2)21-17(14-25-28(21)20-7-3-4-10-24-20)22(29)26-16-8-9-18(23)19(13-16)32(30,31)27-11-5-6-12-27/h3-4,7-10,13-15H,5-6,11-12H2,1-2H3,(H,26,29). The summed E-state index contributed by atoms with van der Waals surface area (Å²) in [6.45, 7) is 4.88. The first-order valence-electron chi connectivity index (χ1n) is 10.4. The van der Waals surface area contributed by atoms with Crippen LogP contribution < -0.4 is 5.32 Å². The number of nitrogens with zero attached hydrogens (tertiary/aromatic N) is 4. The molecule has 0 bridgehead atoms. The van der Waals surface area contributed by atoms with Crippen molar-refractivity contribution < 1.29 is 13.2 Å².